The molecule has 2 rings (SSSR count). The van der Waals surface area contributed by atoms with E-state index in [0.717, 1.165) is 5.56 Å². The van der Waals surface area contributed by atoms with Gasteiger partial charge in [0.2, 0.25) is 11.8 Å². The number of nitrogens with zero attached hydrogens (tertiary/aromatic N) is 2. The molecule has 1 unspecified atom stereocenters. The van der Waals surface area contributed by atoms with Gasteiger partial charge in [0.1, 0.15) is 6.10 Å². The summed E-state index contributed by atoms with van der Waals surface area (Å²) in [6.07, 6.45) is -0.946. The van der Waals surface area contributed by atoms with Crippen molar-refractivity contribution in [2.75, 3.05) is 0 Å². The van der Waals surface area contributed by atoms with Crippen LogP contribution in [0.1, 0.15) is 51.1 Å². The van der Waals surface area contributed by atoms with Crippen molar-refractivity contribution >= 4 is 12.4 Å². The zero-order valence-electron chi connectivity index (χ0n) is 13.4. The largest absolute Gasteiger partial charge is 0.421 e. The van der Waals surface area contributed by atoms with Gasteiger partial charge >= 0.3 is 0 Å². The summed E-state index contributed by atoms with van der Waals surface area (Å²) in [5.74, 6) is 0.770. The molecule has 3 N–H and O–H groups in total. The fraction of sp³-hybridized carbons (Fsp3) is 0.500. The van der Waals surface area contributed by atoms with Gasteiger partial charge in [0.25, 0.3) is 0 Å². The number of rotatable bonds is 5. The Morgan fingerprint density at radius 3 is 2.27 bits per heavy atom. The molecule has 5 nitrogen and oxygen atoms in total. The van der Waals surface area contributed by atoms with Gasteiger partial charge in [0.15, 0.2) is 0 Å². The molecule has 0 aliphatic rings. The summed E-state index contributed by atoms with van der Waals surface area (Å²) in [5, 5.41) is 18.2. The van der Waals surface area contributed by atoms with Gasteiger partial charge in [-0.05, 0) is 25.3 Å². The molecule has 0 aliphatic carbocycles. The molecule has 22 heavy (non-hydrogen) atoms. The summed E-state index contributed by atoms with van der Waals surface area (Å²) in [4.78, 5) is 0. The first kappa shape index (κ1) is 18.6. The Morgan fingerprint density at radius 1 is 1.14 bits per heavy atom. The van der Waals surface area contributed by atoms with Crippen LogP contribution >= 0.6 is 12.4 Å². The Balaban J connectivity index is 0.00000242. The monoisotopic (exact) mass is 325 g/mol. The predicted molar refractivity (Wildman–Crippen MR) is 87.9 cm³/mol. The van der Waals surface area contributed by atoms with Crippen molar-refractivity contribution in [1.82, 2.24) is 10.2 Å². The average Bonchev–Trinajstić information content (AvgIpc) is 2.97. The Kier molecular flexibility index (Phi) is 6.11. The molecular formula is C16H24ClN3O2. The first-order valence-corrected chi connectivity index (χ1v) is 7.17. The SMILES string of the molecule is CC(C)[C@H](N)C(O)c1nnc(C(C)(C)c2ccccc2)o1.Cl. The highest BCUT2D eigenvalue weighted by molar-refractivity contribution is 5.85. The molecular weight excluding hydrogens is 302 g/mol. The van der Waals surface area contributed by atoms with Crippen molar-refractivity contribution in [1.29, 1.82) is 0 Å². The summed E-state index contributed by atoms with van der Waals surface area (Å²) < 4.78 is 5.68. The number of aromatic nitrogens is 2. The third-order valence-corrected chi connectivity index (χ3v) is 3.86. The zero-order chi connectivity index (χ0) is 15.6. The summed E-state index contributed by atoms with van der Waals surface area (Å²) >= 11 is 0. The van der Waals surface area contributed by atoms with Gasteiger partial charge in [-0.15, -0.1) is 22.6 Å². The van der Waals surface area contributed by atoms with Crippen LogP contribution < -0.4 is 5.73 Å². The molecule has 122 valence electrons. The van der Waals surface area contributed by atoms with Crippen molar-refractivity contribution in [2.45, 2.75) is 45.3 Å². The normalized spacial score (nSPS) is 14.5. The second kappa shape index (κ2) is 7.22. The van der Waals surface area contributed by atoms with Crippen LogP contribution in [0.2, 0.25) is 0 Å². The highest BCUT2D eigenvalue weighted by Gasteiger charge is 2.32. The van der Waals surface area contributed by atoms with E-state index in [-0.39, 0.29) is 24.2 Å². The molecule has 0 amide bonds. The van der Waals surface area contributed by atoms with Crippen LogP contribution in [0.4, 0.5) is 0 Å². The van der Waals surface area contributed by atoms with E-state index in [9.17, 15) is 5.11 Å². The number of hydrogen-bond acceptors (Lipinski definition) is 5. The van der Waals surface area contributed by atoms with E-state index in [0.29, 0.717) is 5.89 Å². The van der Waals surface area contributed by atoms with Crippen LogP contribution in [0.25, 0.3) is 0 Å². The number of benzene rings is 1. The minimum Gasteiger partial charge on any atom is -0.421 e. The molecule has 6 heteroatoms. The molecule has 2 atom stereocenters. The average molecular weight is 326 g/mol. The van der Waals surface area contributed by atoms with E-state index in [4.69, 9.17) is 10.2 Å². The standard InChI is InChI=1S/C16H23N3O2.ClH/c1-10(2)12(17)13(20)14-18-19-15(21-14)16(3,4)11-8-6-5-7-9-11;/h5-10,12-13,20H,17H2,1-4H3;1H/t12-,13?;/m0./s1. The minimum atomic E-state index is -0.946. The number of halogens is 1. The highest BCUT2D eigenvalue weighted by atomic mass is 35.5. The second-order valence-electron chi connectivity index (χ2n) is 6.20. The molecule has 2 aromatic rings. The van der Waals surface area contributed by atoms with Crippen LogP contribution in [0, 0.1) is 5.92 Å². The van der Waals surface area contributed by atoms with E-state index in [1.54, 1.807) is 0 Å². The topological polar surface area (TPSA) is 85.2 Å². The van der Waals surface area contributed by atoms with Gasteiger partial charge < -0.3 is 15.3 Å². The lowest BCUT2D eigenvalue weighted by Gasteiger charge is -2.21. The predicted octanol–water partition coefficient (Wildman–Crippen LogP) is 2.83. The Labute approximate surface area is 137 Å². The third kappa shape index (κ3) is 3.66. The van der Waals surface area contributed by atoms with Crippen LogP contribution in [0.15, 0.2) is 34.7 Å². The van der Waals surface area contributed by atoms with E-state index in [1.807, 2.05) is 58.0 Å². The molecule has 0 aliphatic heterocycles. The van der Waals surface area contributed by atoms with Crippen molar-refractivity contribution in [3.05, 3.63) is 47.7 Å². The molecule has 0 fully saturated rings. The summed E-state index contributed by atoms with van der Waals surface area (Å²) in [6, 6.07) is 9.50. The Bertz CT molecular complexity index is 584. The lowest BCUT2D eigenvalue weighted by atomic mass is 9.85. The van der Waals surface area contributed by atoms with E-state index < -0.39 is 17.6 Å². The van der Waals surface area contributed by atoms with Gasteiger partial charge in [0.05, 0.1) is 5.41 Å². The van der Waals surface area contributed by atoms with Crippen LogP contribution in [-0.2, 0) is 5.41 Å². The van der Waals surface area contributed by atoms with Crippen LogP contribution in [-0.4, -0.2) is 21.3 Å². The summed E-state index contributed by atoms with van der Waals surface area (Å²) in [6.45, 7) is 7.90. The maximum atomic E-state index is 10.2. The first-order chi connectivity index (χ1) is 9.84. The van der Waals surface area contributed by atoms with Crippen molar-refractivity contribution < 1.29 is 9.52 Å². The number of aliphatic hydroxyl groups excluding tert-OH is 1. The molecule has 0 saturated carbocycles. The maximum absolute atomic E-state index is 10.2. The Morgan fingerprint density at radius 2 is 1.73 bits per heavy atom. The lowest BCUT2D eigenvalue weighted by Crippen LogP contribution is -2.33. The number of hydrogen-bond donors (Lipinski definition) is 2. The van der Waals surface area contributed by atoms with Gasteiger partial charge in [-0.25, -0.2) is 0 Å². The molecule has 0 saturated heterocycles. The molecule has 1 aromatic carbocycles. The van der Waals surface area contributed by atoms with Gasteiger partial charge in [-0.2, -0.15) is 0 Å². The van der Waals surface area contributed by atoms with Gasteiger partial charge in [-0.1, -0.05) is 44.2 Å². The van der Waals surface area contributed by atoms with Crippen molar-refractivity contribution in [3.8, 4) is 0 Å². The summed E-state index contributed by atoms with van der Waals surface area (Å²) in [5.41, 5.74) is 6.59. The molecule has 0 radical (unpaired) electrons. The highest BCUT2D eigenvalue weighted by Crippen LogP contribution is 2.31. The van der Waals surface area contributed by atoms with E-state index in [1.165, 1.54) is 0 Å². The fourth-order valence-electron chi connectivity index (χ4n) is 2.11. The molecule has 1 aromatic heterocycles. The Hall–Kier alpha value is -1.43. The minimum absolute atomic E-state index is 0. The maximum Gasteiger partial charge on any atom is 0.246 e. The molecule has 1 heterocycles. The first-order valence-electron chi connectivity index (χ1n) is 7.17. The van der Waals surface area contributed by atoms with Crippen LogP contribution in [0.3, 0.4) is 0 Å². The zero-order valence-corrected chi connectivity index (χ0v) is 14.2. The van der Waals surface area contributed by atoms with Crippen molar-refractivity contribution in [2.24, 2.45) is 11.7 Å². The van der Waals surface area contributed by atoms with E-state index >= 15 is 0 Å². The van der Waals surface area contributed by atoms with Crippen molar-refractivity contribution in [3.63, 3.8) is 0 Å². The second-order valence-corrected chi connectivity index (χ2v) is 6.20. The fourth-order valence-corrected chi connectivity index (χ4v) is 2.11. The van der Waals surface area contributed by atoms with E-state index in [2.05, 4.69) is 10.2 Å². The quantitative estimate of drug-likeness (QED) is 0.883. The molecule has 0 bridgehead atoms. The summed E-state index contributed by atoms with van der Waals surface area (Å²) in [7, 11) is 0. The van der Waals surface area contributed by atoms with Crippen LogP contribution in [0.5, 0.6) is 0 Å². The molecule has 0 spiro atoms. The smallest absolute Gasteiger partial charge is 0.246 e. The number of aliphatic hydroxyl groups is 1. The number of nitrogens with two attached hydrogens (primary N) is 1. The third-order valence-electron chi connectivity index (χ3n) is 3.86. The lowest BCUT2D eigenvalue weighted by molar-refractivity contribution is 0.0949. The van der Waals surface area contributed by atoms with Gasteiger partial charge in [0, 0.05) is 6.04 Å². The van der Waals surface area contributed by atoms with Gasteiger partial charge in [-0.3, -0.25) is 0 Å².